The Morgan fingerprint density at radius 2 is 1.58 bits per heavy atom. The third kappa shape index (κ3) is 5.41. The first-order chi connectivity index (χ1) is 12.6. The van der Waals surface area contributed by atoms with Crippen LogP contribution in [0.3, 0.4) is 0 Å². The molecule has 0 radical (unpaired) electrons. The fraction of sp³-hybridized carbons (Fsp3) is 0.182. The molecule has 134 valence electrons. The second-order valence-corrected chi connectivity index (χ2v) is 7.17. The molecule has 0 bridgehead atoms. The summed E-state index contributed by atoms with van der Waals surface area (Å²) in [6.07, 6.45) is 0. The quantitative estimate of drug-likeness (QED) is 0.530. The summed E-state index contributed by atoms with van der Waals surface area (Å²) < 4.78 is 20.0. The Balaban J connectivity index is 1.61. The number of aryl methyl sites for hydroxylation is 1. The summed E-state index contributed by atoms with van der Waals surface area (Å²) in [5.74, 6) is 0.590. The summed E-state index contributed by atoms with van der Waals surface area (Å²) in [6.45, 7) is 3.99. The van der Waals surface area contributed by atoms with Gasteiger partial charge in [0, 0.05) is 23.1 Å². The van der Waals surface area contributed by atoms with Crippen molar-refractivity contribution in [3.8, 4) is 5.75 Å². The second kappa shape index (κ2) is 8.97. The van der Waals surface area contributed by atoms with E-state index in [0.717, 1.165) is 27.9 Å². The van der Waals surface area contributed by atoms with Crippen LogP contribution in [0.5, 0.6) is 5.75 Å². The largest absolute Gasteiger partial charge is 0.489 e. The summed E-state index contributed by atoms with van der Waals surface area (Å²) in [4.78, 5) is 0. The van der Waals surface area contributed by atoms with Gasteiger partial charge >= 0.3 is 0 Å². The highest BCUT2D eigenvalue weighted by atomic mass is 79.9. The Morgan fingerprint density at radius 3 is 2.31 bits per heavy atom. The first-order valence-corrected chi connectivity index (χ1v) is 9.31. The van der Waals surface area contributed by atoms with E-state index in [1.807, 2.05) is 12.1 Å². The van der Waals surface area contributed by atoms with Gasteiger partial charge < -0.3 is 10.1 Å². The standard InChI is InChI=1S/C22H21BrFNO/c1-16-2-4-17(5-3-16)13-25-14-19-12-20(23)8-11-22(19)26-15-18-6-9-21(24)10-7-18/h2-12,25H,13-15H2,1H3. The van der Waals surface area contributed by atoms with E-state index in [0.29, 0.717) is 13.2 Å². The lowest BCUT2D eigenvalue weighted by molar-refractivity contribution is 0.302. The molecule has 3 aromatic rings. The molecule has 0 amide bonds. The molecular weight excluding hydrogens is 393 g/mol. The Morgan fingerprint density at radius 1 is 0.885 bits per heavy atom. The minimum absolute atomic E-state index is 0.238. The van der Waals surface area contributed by atoms with Gasteiger partial charge in [-0.15, -0.1) is 0 Å². The maximum Gasteiger partial charge on any atom is 0.124 e. The molecular formula is C22H21BrFNO. The van der Waals surface area contributed by atoms with E-state index in [1.165, 1.54) is 23.3 Å². The Bertz CT molecular complexity index is 847. The van der Waals surface area contributed by atoms with Crippen LogP contribution in [0.25, 0.3) is 0 Å². The average Bonchev–Trinajstić information content (AvgIpc) is 2.64. The van der Waals surface area contributed by atoms with E-state index in [2.05, 4.69) is 58.5 Å². The van der Waals surface area contributed by atoms with Gasteiger partial charge in [0.15, 0.2) is 0 Å². The van der Waals surface area contributed by atoms with E-state index in [1.54, 1.807) is 12.1 Å². The molecule has 0 spiro atoms. The van der Waals surface area contributed by atoms with Gasteiger partial charge in [0.25, 0.3) is 0 Å². The van der Waals surface area contributed by atoms with Gasteiger partial charge in [0.1, 0.15) is 18.2 Å². The van der Waals surface area contributed by atoms with Gasteiger partial charge in [0.2, 0.25) is 0 Å². The molecule has 4 heteroatoms. The van der Waals surface area contributed by atoms with Crippen molar-refractivity contribution in [1.29, 1.82) is 0 Å². The van der Waals surface area contributed by atoms with Crippen molar-refractivity contribution in [3.05, 3.63) is 99.3 Å². The highest BCUT2D eigenvalue weighted by Crippen LogP contribution is 2.24. The normalized spacial score (nSPS) is 10.7. The zero-order valence-electron chi connectivity index (χ0n) is 14.6. The average molecular weight is 414 g/mol. The number of halogens is 2. The lowest BCUT2D eigenvalue weighted by Crippen LogP contribution is -2.13. The van der Waals surface area contributed by atoms with Crippen LogP contribution in [-0.2, 0) is 19.7 Å². The van der Waals surface area contributed by atoms with Crippen molar-refractivity contribution in [1.82, 2.24) is 5.32 Å². The highest BCUT2D eigenvalue weighted by molar-refractivity contribution is 9.10. The predicted octanol–water partition coefficient (Wildman–Crippen LogP) is 5.77. The van der Waals surface area contributed by atoms with Gasteiger partial charge in [-0.05, 0) is 48.4 Å². The summed E-state index contributed by atoms with van der Waals surface area (Å²) in [5.41, 5.74) is 4.53. The van der Waals surface area contributed by atoms with E-state index < -0.39 is 0 Å². The number of rotatable bonds is 7. The Kier molecular flexibility index (Phi) is 6.42. The number of nitrogens with one attached hydrogen (secondary N) is 1. The number of hydrogen-bond acceptors (Lipinski definition) is 2. The molecule has 0 saturated heterocycles. The van der Waals surface area contributed by atoms with Crippen molar-refractivity contribution >= 4 is 15.9 Å². The summed E-state index contributed by atoms with van der Waals surface area (Å²) in [5, 5.41) is 3.46. The molecule has 0 heterocycles. The van der Waals surface area contributed by atoms with E-state index in [-0.39, 0.29) is 5.82 Å². The topological polar surface area (TPSA) is 21.3 Å². The Hall–Kier alpha value is -2.17. The molecule has 3 aromatic carbocycles. The molecule has 0 fully saturated rings. The maximum atomic E-state index is 13.0. The van der Waals surface area contributed by atoms with Crippen molar-refractivity contribution in [2.75, 3.05) is 0 Å². The molecule has 0 unspecified atom stereocenters. The van der Waals surface area contributed by atoms with Crippen LogP contribution in [0, 0.1) is 12.7 Å². The predicted molar refractivity (Wildman–Crippen MR) is 107 cm³/mol. The molecule has 1 N–H and O–H groups in total. The van der Waals surface area contributed by atoms with Gasteiger partial charge in [0.05, 0.1) is 0 Å². The number of ether oxygens (including phenoxy) is 1. The zero-order valence-corrected chi connectivity index (χ0v) is 16.2. The molecule has 0 saturated carbocycles. The summed E-state index contributed by atoms with van der Waals surface area (Å²) in [7, 11) is 0. The molecule has 2 nitrogen and oxygen atoms in total. The van der Waals surface area contributed by atoms with E-state index in [4.69, 9.17) is 4.74 Å². The van der Waals surface area contributed by atoms with Gasteiger partial charge in [-0.25, -0.2) is 4.39 Å². The molecule has 0 atom stereocenters. The fourth-order valence-corrected chi connectivity index (χ4v) is 3.02. The van der Waals surface area contributed by atoms with Crippen LogP contribution in [0.4, 0.5) is 4.39 Å². The first-order valence-electron chi connectivity index (χ1n) is 8.52. The van der Waals surface area contributed by atoms with Crippen molar-refractivity contribution in [2.24, 2.45) is 0 Å². The molecule has 3 rings (SSSR count). The van der Waals surface area contributed by atoms with Crippen LogP contribution in [-0.4, -0.2) is 0 Å². The number of benzene rings is 3. The van der Waals surface area contributed by atoms with E-state index in [9.17, 15) is 4.39 Å². The van der Waals surface area contributed by atoms with E-state index >= 15 is 0 Å². The SMILES string of the molecule is Cc1ccc(CNCc2cc(Br)ccc2OCc2ccc(F)cc2)cc1. The first kappa shape index (κ1) is 18.6. The van der Waals surface area contributed by atoms with Crippen molar-refractivity contribution in [3.63, 3.8) is 0 Å². The van der Waals surface area contributed by atoms with Crippen molar-refractivity contribution < 1.29 is 9.13 Å². The van der Waals surface area contributed by atoms with Gasteiger partial charge in [-0.2, -0.15) is 0 Å². The van der Waals surface area contributed by atoms with Crippen LogP contribution in [0.1, 0.15) is 22.3 Å². The molecule has 0 aliphatic carbocycles. The molecule has 0 aliphatic heterocycles. The van der Waals surface area contributed by atoms with Crippen molar-refractivity contribution in [2.45, 2.75) is 26.6 Å². The molecule has 0 aromatic heterocycles. The third-order valence-corrected chi connectivity index (χ3v) is 4.59. The van der Waals surface area contributed by atoms with Crippen LogP contribution in [0.2, 0.25) is 0 Å². The Labute approximate surface area is 162 Å². The lowest BCUT2D eigenvalue weighted by atomic mass is 10.1. The fourth-order valence-electron chi connectivity index (χ4n) is 2.62. The molecule has 0 aliphatic rings. The summed E-state index contributed by atoms with van der Waals surface area (Å²) >= 11 is 3.52. The number of hydrogen-bond donors (Lipinski definition) is 1. The summed E-state index contributed by atoms with van der Waals surface area (Å²) in [6, 6.07) is 20.9. The van der Waals surface area contributed by atoms with Crippen LogP contribution in [0.15, 0.2) is 71.2 Å². The molecule has 26 heavy (non-hydrogen) atoms. The third-order valence-electron chi connectivity index (χ3n) is 4.10. The monoisotopic (exact) mass is 413 g/mol. The second-order valence-electron chi connectivity index (χ2n) is 6.26. The van der Waals surface area contributed by atoms with Crippen LogP contribution < -0.4 is 10.1 Å². The minimum Gasteiger partial charge on any atom is -0.489 e. The minimum atomic E-state index is -0.238. The maximum absolute atomic E-state index is 13.0. The smallest absolute Gasteiger partial charge is 0.124 e. The zero-order chi connectivity index (χ0) is 18.4. The lowest BCUT2D eigenvalue weighted by Gasteiger charge is -2.13. The van der Waals surface area contributed by atoms with Gasteiger partial charge in [-0.1, -0.05) is 57.9 Å². The van der Waals surface area contributed by atoms with Gasteiger partial charge in [-0.3, -0.25) is 0 Å². The highest BCUT2D eigenvalue weighted by Gasteiger charge is 2.06. The van der Waals surface area contributed by atoms with Crippen LogP contribution >= 0.6 is 15.9 Å².